The first-order valence-electron chi connectivity index (χ1n) is 7.25. The Morgan fingerprint density at radius 3 is 2.50 bits per heavy atom. The Morgan fingerprint density at radius 2 is 1.96 bits per heavy atom. The lowest BCUT2D eigenvalue weighted by atomic mass is 9.91. The lowest BCUT2D eigenvalue weighted by Crippen LogP contribution is -2.48. The number of benzene rings is 1. The van der Waals surface area contributed by atoms with E-state index in [9.17, 15) is 22.8 Å². The molecule has 0 radical (unpaired) electrons. The lowest BCUT2D eigenvalue weighted by Gasteiger charge is -2.35. The fraction of sp³-hybridized carbons (Fsp3) is 0.375. The second-order valence-corrected chi connectivity index (χ2v) is 5.20. The summed E-state index contributed by atoms with van der Waals surface area (Å²) in [5.41, 5.74) is -0.853. The highest BCUT2D eigenvalue weighted by Crippen LogP contribution is 2.39. The maximum absolute atomic E-state index is 13.3. The Balaban J connectivity index is 2.67. The molecule has 1 aromatic rings. The number of methoxy groups -OCH3 is 1. The largest absolute Gasteiger partial charge is 0.466 e. The molecule has 1 atom stereocenters. The first-order chi connectivity index (χ1) is 11.2. The van der Waals surface area contributed by atoms with Crippen molar-refractivity contribution in [2.24, 2.45) is 0 Å². The number of urea groups is 1. The Bertz CT molecular complexity index is 698. The van der Waals surface area contributed by atoms with E-state index < -0.39 is 29.8 Å². The number of hydrogen-bond acceptors (Lipinski definition) is 3. The smallest absolute Gasteiger partial charge is 0.416 e. The molecule has 1 unspecified atom stereocenters. The monoisotopic (exact) mass is 342 g/mol. The number of esters is 1. The molecule has 1 aliphatic heterocycles. The van der Waals surface area contributed by atoms with Gasteiger partial charge in [-0.1, -0.05) is 18.2 Å². The SMILES string of the molecule is CCN1C(=O)NC(c2ccccc2C(F)(F)F)C(C(=O)OC)=C1C. The maximum atomic E-state index is 13.3. The summed E-state index contributed by atoms with van der Waals surface area (Å²) in [4.78, 5) is 25.6. The zero-order valence-electron chi connectivity index (χ0n) is 13.4. The number of rotatable bonds is 3. The van der Waals surface area contributed by atoms with Crippen LogP contribution in [0.3, 0.4) is 0 Å². The molecule has 1 aliphatic rings. The number of amides is 2. The Kier molecular flexibility index (Phi) is 4.86. The van der Waals surface area contributed by atoms with Gasteiger partial charge in [0.05, 0.1) is 24.3 Å². The number of nitrogens with one attached hydrogen (secondary N) is 1. The van der Waals surface area contributed by atoms with Gasteiger partial charge in [-0.15, -0.1) is 0 Å². The van der Waals surface area contributed by atoms with Crippen LogP contribution in [0.5, 0.6) is 0 Å². The molecule has 1 N–H and O–H groups in total. The third-order valence-corrected chi connectivity index (χ3v) is 3.90. The number of nitrogens with zero attached hydrogens (tertiary/aromatic N) is 1. The van der Waals surface area contributed by atoms with Gasteiger partial charge in [-0.25, -0.2) is 9.59 Å². The molecular formula is C16H17F3N2O3. The van der Waals surface area contributed by atoms with Gasteiger partial charge in [-0.2, -0.15) is 13.2 Å². The predicted octanol–water partition coefficient (Wildman–Crippen LogP) is 3.24. The van der Waals surface area contributed by atoms with Gasteiger partial charge < -0.3 is 10.1 Å². The first kappa shape index (κ1) is 17.8. The number of ether oxygens (including phenoxy) is 1. The summed E-state index contributed by atoms with van der Waals surface area (Å²) in [6, 6.07) is 3.04. The van der Waals surface area contributed by atoms with Crippen molar-refractivity contribution in [1.82, 2.24) is 10.2 Å². The van der Waals surface area contributed by atoms with Gasteiger partial charge in [-0.3, -0.25) is 4.90 Å². The molecule has 8 heteroatoms. The Labute approximate surface area is 137 Å². The lowest BCUT2D eigenvalue weighted by molar-refractivity contribution is -0.140. The van der Waals surface area contributed by atoms with Crippen LogP contribution in [0.4, 0.5) is 18.0 Å². The zero-order chi connectivity index (χ0) is 18.1. The highest BCUT2D eigenvalue weighted by molar-refractivity contribution is 5.95. The van der Waals surface area contributed by atoms with E-state index >= 15 is 0 Å². The molecule has 0 saturated carbocycles. The van der Waals surface area contributed by atoms with Crippen molar-refractivity contribution >= 4 is 12.0 Å². The van der Waals surface area contributed by atoms with Crippen molar-refractivity contribution < 1.29 is 27.5 Å². The summed E-state index contributed by atoms with van der Waals surface area (Å²) >= 11 is 0. The number of carbonyl (C=O) groups is 2. The standard InChI is InChI=1S/C16H17F3N2O3/c1-4-21-9(2)12(14(22)24-3)13(20-15(21)23)10-7-5-6-8-11(10)16(17,18)19/h5-8,13H,4H2,1-3H3,(H,20,23). The summed E-state index contributed by atoms with van der Waals surface area (Å²) in [6.45, 7) is 3.48. The summed E-state index contributed by atoms with van der Waals surface area (Å²) in [7, 11) is 1.14. The third kappa shape index (κ3) is 3.08. The summed E-state index contributed by atoms with van der Waals surface area (Å²) in [5, 5.41) is 2.47. The summed E-state index contributed by atoms with van der Waals surface area (Å²) < 4.78 is 44.6. The Morgan fingerprint density at radius 1 is 1.33 bits per heavy atom. The molecule has 1 aromatic carbocycles. The Hall–Kier alpha value is -2.51. The number of halogens is 3. The van der Waals surface area contributed by atoms with Gasteiger partial charge in [0.2, 0.25) is 0 Å². The fourth-order valence-electron chi connectivity index (χ4n) is 2.78. The molecule has 0 fully saturated rings. The van der Waals surface area contributed by atoms with E-state index in [4.69, 9.17) is 4.74 Å². The van der Waals surface area contributed by atoms with Crippen LogP contribution in [0.2, 0.25) is 0 Å². The zero-order valence-corrected chi connectivity index (χ0v) is 13.4. The van der Waals surface area contributed by atoms with Crippen molar-refractivity contribution in [3.63, 3.8) is 0 Å². The molecule has 0 aromatic heterocycles. The van der Waals surface area contributed by atoms with Gasteiger partial charge in [0.25, 0.3) is 0 Å². The van der Waals surface area contributed by atoms with Gasteiger partial charge >= 0.3 is 18.2 Å². The molecule has 0 aliphatic carbocycles. The second kappa shape index (κ2) is 6.54. The maximum Gasteiger partial charge on any atom is 0.416 e. The number of allylic oxidation sites excluding steroid dienone is 1. The second-order valence-electron chi connectivity index (χ2n) is 5.20. The normalized spacial score (nSPS) is 18.5. The molecule has 24 heavy (non-hydrogen) atoms. The minimum Gasteiger partial charge on any atom is -0.466 e. The van der Waals surface area contributed by atoms with Crippen molar-refractivity contribution in [2.75, 3.05) is 13.7 Å². The average molecular weight is 342 g/mol. The van der Waals surface area contributed by atoms with Crippen LogP contribution in [0.25, 0.3) is 0 Å². The molecular weight excluding hydrogens is 325 g/mol. The minimum atomic E-state index is -4.61. The van der Waals surface area contributed by atoms with E-state index in [0.717, 1.165) is 13.2 Å². The van der Waals surface area contributed by atoms with Crippen molar-refractivity contribution in [3.8, 4) is 0 Å². The van der Waals surface area contributed by atoms with Crippen LogP contribution < -0.4 is 5.32 Å². The van der Waals surface area contributed by atoms with E-state index in [1.807, 2.05) is 0 Å². The quantitative estimate of drug-likeness (QED) is 0.858. The molecule has 1 heterocycles. The number of carbonyl (C=O) groups excluding carboxylic acids is 2. The van der Waals surface area contributed by atoms with Crippen LogP contribution in [-0.4, -0.2) is 30.6 Å². The number of alkyl halides is 3. The van der Waals surface area contributed by atoms with E-state index in [1.54, 1.807) is 6.92 Å². The highest BCUT2D eigenvalue weighted by Gasteiger charge is 2.41. The average Bonchev–Trinajstić information content (AvgIpc) is 2.53. The van der Waals surface area contributed by atoms with E-state index in [0.29, 0.717) is 0 Å². The molecule has 0 bridgehead atoms. The van der Waals surface area contributed by atoms with E-state index in [-0.39, 0.29) is 23.4 Å². The molecule has 5 nitrogen and oxygen atoms in total. The van der Waals surface area contributed by atoms with Crippen LogP contribution in [0.1, 0.15) is 31.0 Å². The van der Waals surface area contributed by atoms with E-state index in [1.165, 1.54) is 30.0 Å². The molecule has 2 amide bonds. The molecule has 0 spiro atoms. The van der Waals surface area contributed by atoms with Gasteiger partial charge in [0.1, 0.15) is 0 Å². The first-order valence-corrected chi connectivity index (χ1v) is 7.25. The number of hydrogen-bond donors (Lipinski definition) is 1. The van der Waals surface area contributed by atoms with Crippen molar-refractivity contribution in [2.45, 2.75) is 26.1 Å². The van der Waals surface area contributed by atoms with Crippen molar-refractivity contribution in [3.05, 3.63) is 46.7 Å². The predicted molar refractivity (Wildman–Crippen MR) is 79.8 cm³/mol. The van der Waals surface area contributed by atoms with Crippen LogP contribution in [0, 0.1) is 0 Å². The fourth-order valence-corrected chi connectivity index (χ4v) is 2.78. The molecule has 130 valence electrons. The molecule has 2 rings (SSSR count). The van der Waals surface area contributed by atoms with Crippen LogP contribution in [-0.2, 0) is 15.7 Å². The van der Waals surface area contributed by atoms with Crippen LogP contribution in [0.15, 0.2) is 35.5 Å². The summed E-state index contributed by atoms with van der Waals surface area (Å²) in [5.74, 6) is -0.784. The van der Waals surface area contributed by atoms with Gasteiger partial charge in [-0.05, 0) is 25.5 Å². The van der Waals surface area contributed by atoms with Gasteiger partial charge in [0, 0.05) is 12.2 Å². The molecule has 0 saturated heterocycles. The van der Waals surface area contributed by atoms with Crippen LogP contribution >= 0.6 is 0 Å². The third-order valence-electron chi connectivity index (χ3n) is 3.90. The topological polar surface area (TPSA) is 58.6 Å². The minimum absolute atomic E-state index is 0.0179. The van der Waals surface area contributed by atoms with Crippen molar-refractivity contribution in [1.29, 1.82) is 0 Å². The summed E-state index contributed by atoms with van der Waals surface area (Å²) in [6.07, 6.45) is -4.61. The van der Waals surface area contributed by atoms with Gasteiger partial charge in [0.15, 0.2) is 0 Å². The van der Waals surface area contributed by atoms with E-state index in [2.05, 4.69) is 5.32 Å². The highest BCUT2D eigenvalue weighted by atomic mass is 19.4.